The number of carbonyl (C=O) groups is 1. The van der Waals surface area contributed by atoms with E-state index in [1.165, 1.54) is 7.11 Å². The molecule has 2 atom stereocenters. The summed E-state index contributed by atoms with van der Waals surface area (Å²) in [5, 5.41) is 2.93. The molecule has 202 valence electrons. The topological polar surface area (TPSA) is 112 Å². The van der Waals surface area contributed by atoms with Crippen molar-refractivity contribution in [2.24, 2.45) is 5.73 Å². The number of benzene rings is 3. The van der Waals surface area contributed by atoms with Gasteiger partial charge in [-0.3, -0.25) is 4.79 Å². The maximum Gasteiger partial charge on any atom is 0.258 e. The Balaban J connectivity index is 1.38. The highest BCUT2D eigenvalue weighted by atomic mass is 16.5. The predicted molar refractivity (Wildman–Crippen MR) is 150 cm³/mol. The van der Waals surface area contributed by atoms with Crippen LogP contribution in [-0.2, 0) is 14.3 Å². The fraction of sp³-hybridized carbons (Fsp3) is 0.367. The lowest BCUT2D eigenvalue weighted by atomic mass is 9.97. The minimum atomic E-state index is -0.726. The molecule has 0 spiro atoms. The first kappa shape index (κ1) is 27.6. The minimum absolute atomic E-state index is 0.205. The average molecular weight is 519 g/mol. The maximum absolute atomic E-state index is 12.9. The van der Waals surface area contributed by atoms with E-state index in [1.807, 2.05) is 60.7 Å². The number of carbonyl (C=O) groups excluding carboxylic acids is 1. The van der Waals surface area contributed by atoms with Crippen molar-refractivity contribution in [3.8, 4) is 5.75 Å². The highest BCUT2D eigenvalue weighted by Gasteiger charge is 2.22. The Morgan fingerprint density at radius 2 is 1.71 bits per heavy atom. The molecular weight excluding hydrogens is 480 g/mol. The van der Waals surface area contributed by atoms with Crippen LogP contribution in [0, 0.1) is 0 Å². The van der Waals surface area contributed by atoms with E-state index in [0.717, 1.165) is 61.5 Å². The molecule has 2 unspecified atom stereocenters. The third-order valence-corrected chi connectivity index (χ3v) is 6.95. The van der Waals surface area contributed by atoms with Gasteiger partial charge >= 0.3 is 0 Å². The molecule has 8 heteroatoms. The zero-order chi connectivity index (χ0) is 26.9. The van der Waals surface area contributed by atoms with Gasteiger partial charge in [0.2, 0.25) is 0 Å². The number of ether oxygens (including phenoxy) is 3. The second kappa shape index (κ2) is 13.4. The molecule has 38 heavy (non-hydrogen) atoms. The summed E-state index contributed by atoms with van der Waals surface area (Å²) in [5.41, 5.74) is 16.5. The van der Waals surface area contributed by atoms with Crippen LogP contribution in [0.2, 0.25) is 0 Å². The molecule has 1 fully saturated rings. The quantitative estimate of drug-likeness (QED) is 0.327. The van der Waals surface area contributed by atoms with E-state index in [4.69, 9.17) is 25.7 Å². The van der Waals surface area contributed by atoms with Gasteiger partial charge in [-0.25, -0.2) is 0 Å². The lowest BCUT2D eigenvalue weighted by Gasteiger charge is -2.32. The molecule has 0 bridgehead atoms. The normalized spacial score (nSPS) is 16.1. The Bertz CT molecular complexity index is 1160. The fourth-order valence-electron chi connectivity index (χ4n) is 4.75. The predicted octanol–water partition coefficient (Wildman–Crippen LogP) is 4.13. The Morgan fingerprint density at radius 3 is 2.37 bits per heavy atom. The molecule has 3 aromatic rings. The lowest BCUT2D eigenvalue weighted by Crippen LogP contribution is -2.39. The van der Waals surface area contributed by atoms with Gasteiger partial charge in [0.15, 0.2) is 6.10 Å². The second-order valence-electron chi connectivity index (χ2n) is 9.56. The van der Waals surface area contributed by atoms with Crippen molar-refractivity contribution in [1.29, 1.82) is 0 Å². The molecule has 8 nitrogen and oxygen atoms in total. The fourth-order valence-corrected chi connectivity index (χ4v) is 4.75. The first-order chi connectivity index (χ1) is 18.5. The molecule has 1 saturated heterocycles. The molecule has 1 aliphatic heterocycles. The smallest absolute Gasteiger partial charge is 0.258 e. The van der Waals surface area contributed by atoms with Crippen molar-refractivity contribution in [2.45, 2.75) is 31.1 Å². The largest absolute Gasteiger partial charge is 0.490 e. The van der Waals surface area contributed by atoms with Gasteiger partial charge in [0.1, 0.15) is 11.9 Å². The van der Waals surface area contributed by atoms with Crippen molar-refractivity contribution in [1.82, 2.24) is 4.90 Å². The number of hydrogen-bond acceptors (Lipinski definition) is 7. The number of likely N-dealkylation sites (tertiary alicyclic amines) is 1. The molecule has 3 aromatic carbocycles. The van der Waals surface area contributed by atoms with Gasteiger partial charge in [-0.1, -0.05) is 42.5 Å². The van der Waals surface area contributed by atoms with Gasteiger partial charge in [0.25, 0.3) is 5.91 Å². The molecule has 0 saturated carbocycles. The SMILES string of the molecule is COCCN1CCC(Oc2ccc(C(N)c3cc(NC(=O)C(OC)c4ccccc4)ccc3N)cc2)CC1. The molecule has 0 aromatic heterocycles. The standard InChI is InChI=1S/C30H38N4O4/c1-36-19-18-34-16-14-25(15-17-34)38-24-11-8-21(9-12-24)28(32)26-20-23(10-13-27(26)31)33-30(35)29(37-2)22-6-4-3-5-7-22/h3-13,20,25,28-29H,14-19,31-32H2,1-2H3,(H,33,35). The summed E-state index contributed by atoms with van der Waals surface area (Å²) < 4.78 is 16.8. The number of piperidine rings is 1. The van der Waals surface area contributed by atoms with E-state index in [9.17, 15) is 4.79 Å². The third-order valence-electron chi connectivity index (χ3n) is 6.95. The van der Waals surface area contributed by atoms with Crippen molar-refractivity contribution < 1.29 is 19.0 Å². The number of nitrogens with one attached hydrogen (secondary N) is 1. The van der Waals surface area contributed by atoms with E-state index in [2.05, 4.69) is 10.2 Å². The van der Waals surface area contributed by atoms with Crippen LogP contribution in [-0.4, -0.2) is 57.4 Å². The molecule has 0 radical (unpaired) electrons. The number of nitrogen functional groups attached to an aromatic ring is 1. The van der Waals surface area contributed by atoms with Crippen LogP contribution in [0.15, 0.2) is 72.8 Å². The number of anilines is 2. The molecular formula is C30H38N4O4. The first-order valence-corrected chi connectivity index (χ1v) is 13.0. The molecule has 0 aliphatic carbocycles. The van der Waals surface area contributed by atoms with Crippen LogP contribution >= 0.6 is 0 Å². The van der Waals surface area contributed by atoms with Gasteiger partial charge in [0, 0.05) is 45.2 Å². The first-order valence-electron chi connectivity index (χ1n) is 13.0. The summed E-state index contributed by atoms with van der Waals surface area (Å²) in [6.07, 6.45) is 1.47. The highest BCUT2D eigenvalue weighted by Crippen LogP contribution is 2.30. The third kappa shape index (κ3) is 7.11. The van der Waals surface area contributed by atoms with Crippen LogP contribution in [0.3, 0.4) is 0 Å². The van der Waals surface area contributed by atoms with Gasteiger partial charge < -0.3 is 35.9 Å². The number of nitrogens with two attached hydrogens (primary N) is 2. The molecule has 1 heterocycles. The second-order valence-corrected chi connectivity index (χ2v) is 9.56. The number of nitrogens with zero attached hydrogens (tertiary/aromatic N) is 1. The van der Waals surface area contributed by atoms with Gasteiger partial charge in [0.05, 0.1) is 12.6 Å². The van der Waals surface area contributed by atoms with Crippen molar-refractivity contribution in [3.63, 3.8) is 0 Å². The number of amides is 1. The zero-order valence-corrected chi connectivity index (χ0v) is 22.1. The molecule has 1 amide bonds. The van der Waals surface area contributed by atoms with E-state index < -0.39 is 12.1 Å². The summed E-state index contributed by atoms with van der Waals surface area (Å²) in [5.74, 6) is 0.561. The maximum atomic E-state index is 12.9. The summed E-state index contributed by atoms with van der Waals surface area (Å²) in [7, 11) is 3.25. The summed E-state index contributed by atoms with van der Waals surface area (Å²) in [6.45, 7) is 3.75. The van der Waals surface area contributed by atoms with Crippen LogP contribution < -0.4 is 21.5 Å². The van der Waals surface area contributed by atoms with Crippen LogP contribution in [0.4, 0.5) is 11.4 Å². The van der Waals surface area contributed by atoms with E-state index >= 15 is 0 Å². The molecule has 4 rings (SSSR count). The molecule has 1 aliphatic rings. The average Bonchev–Trinajstić information content (AvgIpc) is 2.95. The summed E-state index contributed by atoms with van der Waals surface area (Å²) in [6, 6.07) is 22.1. The Kier molecular flexibility index (Phi) is 9.73. The zero-order valence-electron chi connectivity index (χ0n) is 22.1. The highest BCUT2D eigenvalue weighted by molar-refractivity contribution is 5.95. The minimum Gasteiger partial charge on any atom is -0.490 e. The number of methoxy groups -OCH3 is 2. The lowest BCUT2D eigenvalue weighted by molar-refractivity contribution is -0.126. The number of hydrogen-bond donors (Lipinski definition) is 3. The van der Waals surface area contributed by atoms with Gasteiger partial charge in [-0.05, 0) is 59.9 Å². The Hall–Kier alpha value is -3.43. The Labute approximate surface area is 224 Å². The van der Waals surface area contributed by atoms with Crippen molar-refractivity contribution >= 4 is 17.3 Å². The Morgan fingerprint density at radius 1 is 1.00 bits per heavy atom. The van der Waals surface area contributed by atoms with Crippen LogP contribution in [0.25, 0.3) is 0 Å². The number of rotatable bonds is 11. The van der Waals surface area contributed by atoms with E-state index in [1.54, 1.807) is 19.2 Å². The van der Waals surface area contributed by atoms with E-state index in [0.29, 0.717) is 11.4 Å². The molecule has 5 N–H and O–H groups in total. The van der Waals surface area contributed by atoms with Crippen LogP contribution in [0.1, 0.15) is 41.7 Å². The van der Waals surface area contributed by atoms with Crippen molar-refractivity contribution in [3.05, 3.63) is 89.5 Å². The van der Waals surface area contributed by atoms with E-state index in [-0.39, 0.29) is 12.0 Å². The van der Waals surface area contributed by atoms with Gasteiger partial charge in [-0.2, -0.15) is 0 Å². The van der Waals surface area contributed by atoms with Crippen molar-refractivity contribution in [2.75, 3.05) is 51.5 Å². The van der Waals surface area contributed by atoms with Gasteiger partial charge in [-0.15, -0.1) is 0 Å². The monoisotopic (exact) mass is 518 g/mol. The summed E-state index contributed by atoms with van der Waals surface area (Å²) in [4.78, 5) is 15.3. The van der Waals surface area contributed by atoms with Crippen LogP contribution in [0.5, 0.6) is 5.75 Å². The summed E-state index contributed by atoms with van der Waals surface area (Å²) >= 11 is 0.